The van der Waals surface area contributed by atoms with Gasteiger partial charge in [0.2, 0.25) is 5.91 Å². The molecule has 0 saturated carbocycles. The van der Waals surface area contributed by atoms with E-state index in [1.165, 1.54) is 22.3 Å². The van der Waals surface area contributed by atoms with Crippen molar-refractivity contribution in [1.29, 1.82) is 0 Å². The second-order valence-corrected chi connectivity index (χ2v) is 10.5. The summed E-state index contributed by atoms with van der Waals surface area (Å²) in [5.41, 5.74) is 6.79. The Kier molecular flexibility index (Phi) is 10.5. The summed E-state index contributed by atoms with van der Waals surface area (Å²) < 4.78 is 0. The Morgan fingerprint density at radius 3 is 2.26 bits per heavy atom. The van der Waals surface area contributed by atoms with E-state index in [1.54, 1.807) is 0 Å². The first-order chi connectivity index (χ1) is 16.5. The summed E-state index contributed by atoms with van der Waals surface area (Å²) in [6, 6.07) is 0. The molecule has 2 rings (SSSR count). The molecule has 0 spiro atoms. The highest BCUT2D eigenvalue weighted by Gasteiger charge is 2.38. The van der Waals surface area contributed by atoms with Crippen molar-refractivity contribution in [3.05, 3.63) is 70.8 Å². The summed E-state index contributed by atoms with van der Waals surface area (Å²) in [4.78, 5) is 19.6. The second kappa shape index (κ2) is 12.9. The number of amides is 1. The molecule has 2 aliphatic rings. The lowest BCUT2D eigenvalue weighted by Crippen LogP contribution is -2.35. The first kappa shape index (κ1) is 28.6. The molecule has 0 radical (unpaired) electrons. The van der Waals surface area contributed by atoms with E-state index in [1.807, 2.05) is 13.1 Å². The van der Waals surface area contributed by atoms with Gasteiger partial charge in [-0.3, -0.25) is 4.79 Å². The van der Waals surface area contributed by atoms with Gasteiger partial charge in [0.05, 0.1) is 5.92 Å². The molecule has 1 N–H and O–H groups in total. The van der Waals surface area contributed by atoms with Crippen LogP contribution in [-0.2, 0) is 4.79 Å². The number of hydrogen-bond acceptors (Lipinski definition) is 3. The van der Waals surface area contributed by atoms with Crippen molar-refractivity contribution in [1.82, 2.24) is 10.2 Å². The minimum Gasteiger partial charge on any atom is -0.356 e. The van der Waals surface area contributed by atoms with Gasteiger partial charge in [-0.25, -0.2) is 4.99 Å². The molecule has 0 bridgehead atoms. The first-order valence-electron chi connectivity index (χ1n) is 13.2. The third-order valence-corrected chi connectivity index (χ3v) is 7.53. The monoisotopic (exact) mass is 477 g/mol. The normalized spacial score (nSPS) is 23.4. The highest BCUT2D eigenvalue weighted by molar-refractivity contribution is 5.90. The Labute approximate surface area is 214 Å². The summed E-state index contributed by atoms with van der Waals surface area (Å²) >= 11 is 0. The fourth-order valence-electron chi connectivity index (χ4n) is 4.89. The lowest BCUT2D eigenvalue weighted by atomic mass is 9.85. The zero-order chi connectivity index (χ0) is 26.3. The summed E-state index contributed by atoms with van der Waals surface area (Å²) in [7, 11) is 0. The number of hydrogen-bond donors (Lipinski definition) is 1. The third kappa shape index (κ3) is 7.19. The Balaban J connectivity index is 2.15. The molecule has 2 fully saturated rings. The highest BCUT2D eigenvalue weighted by Crippen LogP contribution is 2.37. The number of piperidine rings is 1. The highest BCUT2D eigenvalue weighted by atomic mass is 16.2. The molecule has 2 atom stereocenters. The largest absolute Gasteiger partial charge is 0.356 e. The Morgan fingerprint density at radius 1 is 1.11 bits per heavy atom. The van der Waals surface area contributed by atoms with Crippen LogP contribution in [0.4, 0.5) is 0 Å². The van der Waals surface area contributed by atoms with E-state index in [9.17, 15) is 4.79 Å². The van der Waals surface area contributed by atoms with Crippen LogP contribution < -0.4 is 5.32 Å². The van der Waals surface area contributed by atoms with Crippen molar-refractivity contribution in [2.75, 3.05) is 13.1 Å². The molecule has 0 aliphatic carbocycles. The van der Waals surface area contributed by atoms with Gasteiger partial charge in [0.15, 0.2) is 0 Å². The maximum absolute atomic E-state index is 12.6. The molecule has 0 aromatic heterocycles. The molecular formula is C31H47N3O. The van der Waals surface area contributed by atoms with E-state index in [0.29, 0.717) is 17.5 Å². The summed E-state index contributed by atoms with van der Waals surface area (Å²) in [6.45, 7) is 27.5. The van der Waals surface area contributed by atoms with Gasteiger partial charge in [-0.05, 0) is 75.0 Å². The van der Waals surface area contributed by atoms with Gasteiger partial charge in [0.1, 0.15) is 5.82 Å². The number of allylic oxidation sites excluding steroid dienone is 8. The topological polar surface area (TPSA) is 44.7 Å². The van der Waals surface area contributed by atoms with Crippen molar-refractivity contribution in [2.24, 2.45) is 28.7 Å². The van der Waals surface area contributed by atoms with E-state index >= 15 is 0 Å². The predicted molar refractivity (Wildman–Crippen MR) is 151 cm³/mol. The summed E-state index contributed by atoms with van der Waals surface area (Å²) in [6.07, 6.45) is 11.8. The molecule has 35 heavy (non-hydrogen) atoms. The molecule has 0 aromatic carbocycles. The van der Waals surface area contributed by atoms with Crippen LogP contribution in [-0.4, -0.2) is 30.1 Å². The standard InChI is InChI=1S/C31H47N3O/c1-11-21(5)19-24(8)22(6)13-14-23(7)25(9)27-15-17-34(18-16-27)30(32-12-2)29-26(10)33-31(35)28(29)20(3)4/h12-14,19-21,27-28H,9-11,15-18H2,1-8H3,(H,33,35)/b22-13+,23-14-,24-19+,30-29-,32-12?. The first-order valence-corrected chi connectivity index (χ1v) is 13.2. The average Bonchev–Trinajstić information content (AvgIpc) is 3.13. The smallest absolute Gasteiger partial charge is 0.232 e. The lowest BCUT2D eigenvalue weighted by molar-refractivity contribution is -0.122. The van der Waals surface area contributed by atoms with E-state index in [-0.39, 0.29) is 17.7 Å². The lowest BCUT2D eigenvalue weighted by Gasteiger charge is -2.36. The van der Waals surface area contributed by atoms with E-state index in [4.69, 9.17) is 4.99 Å². The predicted octanol–water partition coefficient (Wildman–Crippen LogP) is 7.36. The third-order valence-electron chi connectivity index (χ3n) is 7.53. The SMILES string of the molecule is C=C1NC(=O)C(C(C)C)/C1=C(/N=CC)N1CCC(C(=C)\C(C)=C/C=C(C)/C(C)=C/C(C)CC)CC1. The second-order valence-electron chi connectivity index (χ2n) is 10.5. The zero-order valence-electron chi connectivity index (χ0n) is 23.4. The Hall–Kier alpha value is -2.62. The van der Waals surface area contributed by atoms with Gasteiger partial charge in [-0.2, -0.15) is 0 Å². The number of nitrogens with one attached hydrogen (secondary N) is 1. The van der Waals surface area contributed by atoms with Crippen LogP contribution in [0.1, 0.15) is 74.7 Å². The molecule has 2 unspecified atom stereocenters. The molecule has 192 valence electrons. The quantitative estimate of drug-likeness (QED) is 0.278. The van der Waals surface area contributed by atoms with Gasteiger partial charge in [0, 0.05) is 30.6 Å². The maximum Gasteiger partial charge on any atom is 0.232 e. The van der Waals surface area contributed by atoms with Crippen molar-refractivity contribution in [2.45, 2.75) is 74.7 Å². The Bertz CT molecular complexity index is 965. The number of aliphatic imine (C=N–C) groups is 1. The van der Waals surface area contributed by atoms with Crippen molar-refractivity contribution < 1.29 is 4.79 Å². The van der Waals surface area contributed by atoms with Gasteiger partial charge in [-0.15, -0.1) is 0 Å². The van der Waals surface area contributed by atoms with Crippen LogP contribution in [0, 0.1) is 23.7 Å². The van der Waals surface area contributed by atoms with Gasteiger partial charge in [0.25, 0.3) is 0 Å². The zero-order valence-corrected chi connectivity index (χ0v) is 23.4. The average molecular weight is 478 g/mol. The van der Waals surface area contributed by atoms with Gasteiger partial charge in [-0.1, -0.05) is 71.1 Å². The molecular weight excluding hydrogens is 430 g/mol. The molecule has 2 heterocycles. The van der Waals surface area contributed by atoms with Crippen LogP contribution in [0.25, 0.3) is 0 Å². The van der Waals surface area contributed by atoms with Crippen molar-refractivity contribution >= 4 is 12.1 Å². The van der Waals surface area contributed by atoms with Crippen LogP contribution in [0.15, 0.2) is 75.8 Å². The van der Waals surface area contributed by atoms with E-state index < -0.39 is 0 Å². The minimum atomic E-state index is -0.202. The van der Waals surface area contributed by atoms with Crippen LogP contribution in [0.3, 0.4) is 0 Å². The number of carbonyl (C=O) groups is 1. The fourth-order valence-corrected chi connectivity index (χ4v) is 4.89. The maximum atomic E-state index is 12.6. The molecule has 4 nitrogen and oxygen atoms in total. The summed E-state index contributed by atoms with van der Waals surface area (Å²) in [5, 5.41) is 2.94. The van der Waals surface area contributed by atoms with Gasteiger partial charge >= 0.3 is 0 Å². The Morgan fingerprint density at radius 2 is 1.71 bits per heavy atom. The fraction of sp³-hybridized carbons (Fsp3) is 0.548. The molecule has 2 saturated heterocycles. The summed E-state index contributed by atoms with van der Waals surface area (Å²) in [5.74, 6) is 1.98. The number of carbonyl (C=O) groups excluding carboxylic acids is 1. The van der Waals surface area contributed by atoms with E-state index in [2.05, 4.69) is 90.1 Å². The van der Waals surface area contributed by atoms with E-state index in [0.717, 1.165) is 43.7 Å². The van der Waals surface area contributed by atoms with Crippen LogP contribution in [0.5, 0.6) is 0 Å². The molecule has 1 amide bonds. The van der Waals surface area contributed by atoms with Crippen molar-refractivity contribution in [3.63, 3.8) is 0 Å². The molecule has 4 heteroatoms. The van der Waals surface area contributed by atoms with Gasteiger partial charge < -0.3 is 10.2 Å². The molecule has 2 aliphatic heterocycles. The van der Waals surface area contributed by atoms with Crippen molar-refractivity contribution in [3.8, 4) is 0 Å². The molecule has 0 aromatic rings. The number of likely N-dealkylation sites (tertiary alicyclic amines) is 1. The van der Waals surface area contributed by atoms with Crippen LogP contribution >= 0.6 is 0 Å². The number of nitrogens with zero attached hydrogens (tertiary/aromatic N) is 2. The number of rotatable bonds is 9. The van der Waals surface area contributed by atoms with Crippen LogP contribution in [0.2, 0.25) is 0 Å². The minimum absolute atomic E-state index is 0.0328.